The van der Waals surface area contributed by atoms with E-state index >= 15 is 0 Å². The van der Waals surface area contributed by atoms with Gasteiger partial charge in [0.05, 0.1) is 13.7 Å². The summed E-state index contributed by atoms with van der Waals surface area (Å²) in [5, 5.41) is 9.01. The zero-order valence-electron chi connectivity index (χ0n) is 9.96. The van der Waals surface area contributed by atoms with E-state index < -0.39 is 17.9 Å². The maximum absolute atomic E-state index is 11.3. The molecule has 18 heavy (non-hydrogen) atoms. The average Bonchev–Trinajstić information content (AvgIpc) is 2.70. The van der Waals surface area contributed by atoms with Gasteiger partial charge in [-0.15, -0.1) is 0 Å². The molecule has 0 saturated carbocycles. The summed E-state index contributed by atoms with van der Waals surface area (Å²) in [6, 6.07) is 7.36. The van der Waals surface area contributed by atoms with Crippen LogP contribution in [0, 0.1) is 11.8 Å². The zero-order chi connectivity index (χ0) is 13.1. The summed E-state index contributed by atoms with van der Waals surface area (Å²) in [6.07, 6.45) is 0.486. The first-order valence-electron chi connectivity index (χ1n) is 5.64. The maximum atomic E-state index is 11.3. The molecule has 0 aromatic heterocycles. The summed E-state index contributed by atoms with van der Waals surface area (Å²) in [5.74, 6) is -2.43. The number of ether oxygens (including phenoxy) is 2. The lowest BCUT2D eigenvalue weighted by molar-refractivity contribution is -0.152. The van der Waals surface area contributed by atoms with E-state index in [1.54, 1.807) is 7.11 Å². The topological polar surface area (TPSA) is 72.8 Å². The van der Waals surface area contributed by atoms with Gasteiger partial charge in [0, 0.05) is 5.92 Å². The second-order valence-electron chi connectivity index (χ2n) is 4.26. The van der Waals surface area contributed by atoms with Crippen molar-refractivity contribution in [3.05, 3.63) is 29.8 Å². The molecular weight excluding hydrogens is 236 g/mol. The quantitative estimate of drug-likeness (QED) is 0.640. The van der Waals surface area contributed by atoms with Crippen molar-refractivity contribution in [1.29, 1.82) is 0 Å². The number of carbonyl (C=O) groups excluding carboxylic acids is 1. The number of carbonyl (C=O) groups is 2. The Morgan fingerprint density at radius 2 is 2.33 bits per heavy atom. The molecule has 96 valence electrons. The van der Waals surface area contributed by atoms with Gasteiger partial charge in [0.15, 0.2) is 5.92 Å². The Hall–Kier alpha value is -2.04. The molecule has 1 aliphatic heterocycles. The smallest absolute Gasteiger partial charge is 0.320 e. The number of aliphatic carboxylic acids is 1. The fraction of sp³-hybridized carbons (Fsp3) is 0.385. The Bertz CT molecular complexity index is 468. The SMILES string of the molecule is COc1cccc(C[C@@H]2COC(=O)[C@H]2C(=O)O)c1. The number of carboxylic acid groups (broad SMARTS) is 1. The number of esters is 1. The molecule has 2 atom stereocenters. The summed E-state index contributed by atoms with van der Waals surface area (Å²) in [5.41, 5.74) is 0.934. The van der Waals surface area contributed by atoms with Crippen LogP contribution in [0.1, 0.15) is 5.56 Å². The monoisotopic (exact) mass is 250 g/mol. The predicted molar refractivity (Wildman–Crippen MR) is 62.3 cm³/mol. The minimum atomic E-state index is -1.12. The van der Waals surface area contributed by atoms with E-state index in [2.05, 4.69) is 0 Å². The van der Waals surface area contributed by atoms with Gasteiger partial charge in [0.1, 0.15) is 5.75 Å². The molecule has 5 heteroatoms. The van der Waals surface area contributed by atoms with Crippen molar-refractivity contribution in [2.75, 3.05) is 13.7 Å². The minimum absolute atomic E-state index is 0.160. The summed E-state index contributed by atoms with van der Waals surface area (Å²) < 4.78 is 9.92. The molecule has 1 heterocycles. The number of hydrogen-bond acceptors (Lipinski definition) is 4. The number of cyclic esters (lactones) is 1. The molecule has 0 bridgehead atoms. The van der Waals surface area contributed by atoms with E-state index in [-0.39, 0.29) is 12.5 Å². The number of hydrogen-bond donors (Lipinski definition) is 1. The molecule has 1 fully saturated rings. The van der Waals surface area contributed by atoms with Crippen LogP contribution < -0.4 is 4.74 Å². The van der Waals surface area contributed by atoms with Crippen molar-refractivity contribution in [2.45, 2.75) is 6.42 Å². The summed E-state index contributed by atoms with van der Waals surface area (Å²) in [4.78, 5) is 22.3. The fourth-order valence-electron chi connectivity index (χ4n) is 2.15. The van der Waals surface area contributed by atoms with Crippen LogP contribution in [0.4, 0.5) is 0 Å². The number of methoxy groups -OCH3 is 1. The van der Waals surface area contributed by atoms with Crippen LogP contribution in [0.25, 0.3) is 0 Å². The van der Waals surface area contributed by atoms with Gasteiger partial charge in [0.2, 0.25) is 0 Å². The molecule has 0 unspecified atom stereocenters. The largest absolute Gasteiger partial charge is 0.497 e. The van der Waals surface area contributed by atoms with Crippen LogP contribution >= 0.6 is 0 Å². The molecule has 1 N–H and O–H groups in total. The first-order valence-corrected chi connectivity index (χ1v) is 5.64. The van der Waals surface area contributed by atoms with Crippen LogP contribution in [0.2, 0.25) is 0 Å². The minimum Gasteiger partial charge on any atom is -0.497 e. The van der Waals surface area contributed by atoms with E-state index in [0.29, 0.717) is 12.2 Å². The van der Waals surface area contributed by atoms with Crippen LogP contribution in [0.5, 0.6) is 5.75 Å². The summed E-state index contributed by atoms with van der Waals surface area (Å²) in [6.45, 7) is 0.160. The molecule has 5 nitrogen and oxygen atoms in total. The molecule has 0 amide bonds. The lowest BCUT2D eigenvalue weighted by Gasteiger charge is -2.11. The highest BCUT2D eigenvalue weighted by Gasteiger charge is 2.42. The molecule has 0 spiro atoms. The van der Waals surface area contributed by atoms with E-state index in [1.807, 2.05) is 24.3 Å². The Kier molecular flexibility index (Phi) is 3.50. The average molecular weight is 250 g/mol. The van der Waals surface area contributed by atoms with Gasteiger partial charge in [-0.3, -0.25) is 9.59 Å². The summed E-state index contributed by atoms with van der Waals surface area (Å²) >= 11 is 0. The lowest BCUT2D eigenvalue weighted by Crippen LogP contribution is -2.26. The van der Waals surface area contributed by atoms with E-state index in [4.69, 9.17) is 14.6 Å². The number of benzene rings is 1. The van der Waals surface area contributed by atoms with Crippen LogP contribution in [0.15, 0.2) is 24.3 Å². The molecule has 1 aliphatic rings. The molecule has 1 aromatic carbocycles. The second-order valence-corrected chi connectivity index (χ2v) is 4.26. The van der Waals surface area contributed by atoms with Crippen molar-refractivity contribution in [3.63, 3.8) is 0 Å². The molecular formula is C13H14O5. The van der Waals surface area contributed by atoms with E-state index in [1.165, 1.54) is 0 Å². The Labute approximate surface area is 104 Å². The third-order valence-corrected chi connectivity index (χ3v) is 3.06. The van der Waals surface area contributed by atoms with Gasteiger partial charge in [0.25, 0.3) is 0 Å². The van der Waals surface area contributed by atoms with Crippen molar-refractivity contribution >= 4 is 11.9 Å². The third kappa shape index (κ3) is 2.45. The number of rotatable bonds is 4. The predicted octanol–water partition coefficient (Wildman–Crippen LogP) is 1.11. The Morgan fingerprint density at radius 3 is 3.00 bits per heavy atom. The first-order chi connectivity index (χ1) is 8.61. The normalized spacial score (nSPS) is 22.6. The highest BCUT2D eigenvalue weighted by atomic mass is 16.5. The highest BCUT2D eigenvalue weighted by Crippen LogP contribution is 2.27. The van der Waals surface area contributed by atoms with Gasteiger partial charge in [-0.05, 0) is 24.1 Å². The molecule has 0 aliphatic carbocycles. The van der Waals surface area contributed by atoms with Gasteiger partial charge in [-0.1, -0.05) is 12.1 Å². The summed E-state index contributed by atoms with van der Waals surface area (Å²) in [7, 11) is 1.57. The van der Waals surface area contributed by atoms with E-state index in [9.17, 15) is 9.59 Å². The molecule has 1 aromatic rings. The highest BCUT2D eigenvalue weighted by molar-refractivity contribution is 5.95. The first kappa shape index (κ1) is 12.4. The lowest BCUT2D eigenvalue weighted by atomic mass is 9.89. The van der Waals surface area contributed by atoms with Gasteiger partial charge >= 0.3 is 11.9 Å². The van der Waals surface area contributed by atoms with Crippen LogP contribution in [-0.2, 0) is 20.7 Å². The Morgan fingerprint density at radius 1 is 1.56 bits per heavy atom. The van der Waals surface area contributed by atoms with E-state index in [0.717, 1.165) is 5.56 Å². The van der Waals surface area contributed by atoms with Crippen molar-refractivity contribution in [3.8, 4) is 5.75 Å². The third-order valence-electron chi connectivity index (χ3n) is 3.06. The number of carboxylic acids is 1. The van der Waals surface area contributed by atoms with Crippen LogP contribution in [-0.4, -0.2) is 30.8 Å². The van der Waals surface area contributed by atoms with Gasteiger partial charge in [-0.2, -0.15) is 0 Å². The molecule has 0 radical (unpaired) electrons. The van der Waals surface area contributed by atoms with Crippen LogP contribution in [0.3, 0.4) is 0 Å². The molecule has 2 rings (SSSR count). The second kappa shape index (κ2) is 5.08. The maximum Gasteiger partial charge on any atom is 0.320 e. The van der Waals surface area contributed by atoms with Crippen molar-refractivity contribution in [1.82, 2.24) is 0 Å². The van der Waals surface area contributed by atoms with Gasteiger partial charge < -0.3 is 14.6 Å². The Balaban J connectivity index is 2.13. The van der Waals surface area contributed by atoms with Crippen molar-refractivity contribution < 1.29 is 24.2 Å². The fourth-order valence-corrected chi connectivity index (χ4v) is 2.15. The molecule has 1 saturated heterocycles. The zero-order valence-corrected chi connectivity index (χ0v) is 9.96. The van der Waals surface area contributed by atoms with Gasteiger partial charge in [-0.25, -0.2) is 0 Å². The van der Waals surface area contributed by atoms with Crippen molar-refractivity contribution in [2.24, 2.45) is 11.8 Å². The standard InChI is InChI=1S/C13H14O5/c1-17-10-4-2-3-8(6-10)5-9-7-18-13(16)11(9)12(14)15/h2-4,6,9,11H,5,7H2,1H3,(H,14,15)/t9-,11-/m1/s1.